The molecule has 0 unspecified atom stereocenters. The number of nitrogens with one attached hydrogen (secondary N) is 2. The predicted molar refractivity (Wildman–Crippen MR) is 100 cm³/mol. The van der Waals surface area contributed by atoms with E-state index in [0.717, 1.165) is 17.8 Å². The van der Waals surface area contributed by atoms with E-state index in [2.05, 4.69) is 20.8 Å². The number of benzene rings is 1. The molecule has 6 heteroatoms. The minimum absolute atomic E-state index is 0.209. The Bertz CT molecular complexity index is 699. The normalized spacial score (nSPS) is 14.9. The molecule has 1 aliphatic rings. The van der Waals surface area contributed by atoms with Crippen molar-refractivity contribution in [2.75, 3.05) is 11.9 Å². The highest BCUT2D eigenvalue weighted by atomic mass is 35.5. The molecule has 1 aromatic carbocycles. The second-order valence-electron chi connectivity index (χ2n) is 6.42. The Hall–Kier alpha value is -2.14. The summed E-state index contributed by atoms with van der Waals surface area (Å²) in [7, 11) is 0. The van der Waals surface area contributed by atoms with Gasteiger partial charge in [-0.1, -0.05) is 43.0 Å². The molecule has 2 N–H and O–H groups in total. The maximum Gasteiger partial charge on any atom is 0.271 e. The Balaban J connectivity index is 1.47. The van der Waals surface area contributed by atoms with Crippen LogP contribution in [0.5, 0.6) is 0 Å². The van der Waals surface area contributed by atoms with E-state index in [-0.39, 0.29) is 5.91 Å². The fourth-order valence-electron chi connectivity index (χ4n) is 3.09. The zero-order valence-electron chi connectivity index (χ0n) is 14.2. The number of hydrogen-bond acceptors (Lipinski definition) is 4. The Labute approximate surface area is 153 Å². The molecule has 2 aromatic rings. The molecule has 1 fully saturated rings. The first-order valence-corrected chi connectivity index (χ1v) is 9.21. The zero-order chi connectivity index (χ0) is 17.5. The lowest BCUT2D eigenvalue weighted by Crippen LogP contribution is -2.27. The molecule has 0 spiro atoms. The van der Waals surface area contributed by atoms with E-state index < -0.39 is 0 Å². The molecule has 0 saturated heterocycles. The van der Waals surface area contributed by atoms with Crippen LogP contribution in [0.1, 0.15) is 48.2 Å². The monoisotopic (exact) mass is 358 g/mol. The molecule has 1 amide bonds. The highest BCUT2D eigenvalue weighted by Crippen LogP contribution is 2.20. The van der Waals surface area contributed by atoms with E-state index in [1.807, 2.05) is 30.3 Å². The number of aromatic nitrogens is 2. The molecule has 5 nitrogen and oxygen atoms in total. The van der Waals surface area contributed by atoms with Crippen LogP contribution in [-0.2, 0) is 6.42 Å². The topological polar surface area (TPSA) is 66.9 Å². The van der Waals surface area contributed by atoms with Crippen molar-refractivity contribution in [3.05, 3.63) is 52.7 Å². The van der Waals surface area contributed by atoms with Gasteiger partial charge in [0.25, 0.3) is 5.91 Å². The zero-order valence-corrected chi connectivity index (χ0v) is 14.9. The average Bonchev–Trinajstić information content (AvgIpc) is 2.63. The Morgan fingerprint density at radius 2 is 1.96 bits per heavy atom. The number of nitrogens with zero attached hydrogens (tertiary/aromatic N) is 2. The lowest BCUT2D eigenvalue weighted by atomic mass is 9.95. The van der Waals surface area contributed by atoms with Gasteiger partial charge in [-0.05, 0) is 49.1 Å². The van der Waals surface area contributed by atoms with Gasteiger partial charge in [0, 0.05) is 17.6 Å². The van der Waals surface area contributed by atoms with Gasteiger partial charge in [0.05, 0.1) is 0 Å². The van der Waals surface area contributed by atoms with Crippen molar-refractivity contribution in [2.24, 2.45) is 0 Å². The molecule has 0 aliphatic heterocycles. The van der Waals surface area contributed by atoms with Gasteiger partial charge < -0.3 is 10.6 Å². The Kier molecular flexibility index (Phi) is 6.23. The largest absolute Gasteiger partial charge is 0.366 e. The van der Waals surface area contributed by atoms with Gasteiger partial charge in [-0.15, -0.1) is 10.2 Å². The van der Waals surface area contributed by atoms with Gasteiger partial charge in [0.1, 0.15) is 5.82 Å². The molecule has 0 bridgehead atoms. The van der Waals surface area contributed by atoms with Gasteiger partial charge in [-0.25, -0.2) is 0 Å². The van der Waals surface area contributed by atoms with Crippen LogP contribution in [0.2, 0.25) is 5.02 Å². The highest BCUT2D eigenvalue weighted by Gasteiger charge is 2.14. The summed E-state index contributed by atoms with van der Waals surface area (Å²) in [6.45, 7) is 0.531. The van der Waals surface area contributed by atoms with Crippen LogP contribution in [0.15, 0.2) is 36.4 Å². The third-order valence-electron chi connectivity index (χ3n) is 4.44. The summed E-state index contributed by atoms with van der Waals surface area (Å²) in [5.74, 6) is 0.529. The van der Waals surface area contributed by atoms with Gasteiger partial charge >= 0.3 is 0 Å². The standard InChI is InChI=1S/C19H23ClN4O/c20-15-6-4-5-14(13-15)11-12-21-19(25)17-9-10-18(24-23-17)22-16-7-2-1-3-8-16/h4-6,9-10,13,16H,1-3,7-8,11-12H2,(H,21,25)(H,22,24). The second kappa shape index (κ2) is 8.81. The SMILES string of the molecule is O=C(NCCc1cccc(Cl)c1)c1ccc(NC2CCCCC2)nn1. The molecular formula is C19H23ClN4O. The van der Waals surface area contributed by atoms with Crippen LogP contribution in [-0.4, -0.2) is 28.7 Å². The van der Waals surface area contributed by atoms with Crippen LogP contribution in [0, 0.1) is 0 Å². The lowest BCUT2D eigenvalue weighted by molar-refractivity contribution is 0.0948. The quantitative estimate of drug-likeness (QED) is 0.823. The number of anilines is 1. The predicted octanol–water partition coefficient (Wildman–Crippen LogP) is 3.85. The van der Waals surface area contributed by atoms with Crippen LogP contribution in [0.25, 0.3) is 0 Å². The molecule has 0 atom stereocenters. The average molecular weight is 359 g/mol. The summed E-state index contributed by atoms with van der Waals surface area (Å²) in [5.41, 5.74) is 1.42. The smallest absolute Gasteiger partial charge is 0.271 e. The van der Waals surface area contributed by atoms with Gasteiger partial charge in [0.15, 0.2) is 5.69 Å². The van der Waals surface area contributed by atoms with Gasteiger partial charge in [-0.3, -0.25) is 4.79 Å². The molecule has 132 valence electrons. The number of carbonyl (C=O) groups excluding carboxylic acids is 1. The number of hydrogen-bond donors (Lipinski definition) is 2. The van der Waals surface area contributed by atoms with Gasteiger partial charge in [-0.2, -0.15) is 0 Å². The number of rotatable bonds is 6. The lowest BCUT2D eigenvalue weighted by Gasteiger charge is -2.22. The minimum atomic E-state index is -0.209. The molecule has 3 rings (SSSR count). The Morgan fingerprint density at radius 1 is 1.12 bits per heavy atom. The maximum atomic E-state index is 12.1. The van der Waals surface area contributed by atoms with E-state index in [0.29, 0.717) is 23.3 Å². The first kappa shape index (κ1) is 17.7. The Morgan fingerprint density at radius 3 is 2.68 bits per heavy atom. The summed E-state index contributed by atoms with van der Waals surface area (Å²) in [6, 6.07) is 11.6. The van der Waals surface area contributed by atoms with Crippen molar-refractivity contribution in [1.82, 2.24) is 15.5 Å². The second-order valence-corrected chi connectivity index (χ2v) is 6.86. The van der Waals surface area contributed by atoms with E-state index in [9.17, 15) is 4.79 Å². The van der Waals surface area contributed by atoms with Crippen LogP contribution >= 0.6 is 11.6 Å². The molecule has 1 saturated carbocycles. The minimum Gasteiger partial charge on any atom is -0.366 e. The number of carbonyl (C=O) groups is 1. The summed E-state index contributed by atoms with van der Waals surface area (Å²) in [5, 5.41) is 15.1. The first-order chi connectivity index (χ1) is 12.2. The summed E-state index contributed by atoms with van der Waals surface area (Å²) in [6.07, 6.45) is 6.91. The first-order valence-electron chi connectivity index (χ1n) is 8.83. The van der Waals surface area contributed by atoms with Crippen LogP contribution in [0.3, 0.4) is 0 Å². The molecule has 0 radical (unpaired) electrons. The van der Waals surface area contributed by atoms with Crippen molar-refractivity contribution >= 4 is 23.3 Å². The summed E-state index contributed by atoms with van der Waals surface area (Å²) >= 11 is 5.96. The third kappa shape index (κ3) is 5.43. The van der Waals surface area contributed by atoms with Crippen molar-refractivity contribution in [3.8, 4) is 0 Å². The highest BCUT2D eigenvalue weighted by molar-refractivity contribution is 6.30. The molecule has 1 heterocycles. The number of halogens is 1. The van der Waals surface area contributed by atoms with E-state index in [1.165, 1.54) is 32.1 Å². The fraction of sp³-hybridized carbons (Fsp3) is 0.421. The summed E-state index contributed by atoms with van der Waals surface area (Å²) in [4.78, 5) is 12.1. The van der Waals surface area contributed by atoms with Crippen molar-refractivity contribution < 1.29 is 4.79 Å². The summed E-state index contributed by atoms with van der Waals surface area (Å²) < 4.78 is 0. The van der Waals surface area contributed by atoms with Crippen LogP contribution in [0.4, 0.5) is 5.82 Å². The maximum absolute atomic E-state index is 12.1. The third-order valence-corrected chi connectivity index (χ3v) is 4.68. The van der Waals surface area contributed by atoms with E-state index >= 15 is 0 Å². The van der Waals surface area contributed by atoms with Gasteiger partial charge in [0.2, 0.25) is 0 Å². The fourth-order valence-corrected chi connectivity index (χ4v) is 3.30. The molecule has 1 aromatic heterocycles. The number of amides is 1. The molecule has 1 aliphatic carbocycles. The molecule has 25 heavy (non-hydrogen) atoms. The van der Waals surface area contributed by atoms with Crippen molar-refractivity contribution in [3.63, 3.8) is 0 Å². The van der Waals surface area contributed by atoms with Crippen LogP contribution < -0.4 is 10.6 Å². The van der Waals surface area contributed by atoms with Crippen molar-refractivity contribution in [2.45, 2.75) is 44.6 Å². The van der Waals surface area contributed by atoms with Crippen molar-refractivity contribution in [1.29, 1.82) is 0 Å². The van der Waals surface area contributed by atoms with E-state index in [4.69, 9.17) is 11.6 Å². The molecular weight excluding hydrogens is 336 g/mol. The van der Waals surface area contributed by atoms with E-state index in [1.54, 1.807) is 6.07 Å².